The van der Waals surface area contributed by atoms with Crippen molar-refractivity contribution in [2.45, 2.75) is 18.7 Å². The molecule has 1 N–H and O–H groups in total. The van der Waals surface area contributed by atoms with Crippen molar-refractivity contribution in [3.8, 4) is 0 Å². The second kappa shape index (κ2) is 7.84. The number of hydrogen-bond acceptors (Lipinski definition) is 8. The molecule has 0 saturated carbocycles. The lowest BCUT2D eigenvalue weighted by molar-refractivity contribution is 0.0967. The maximum atomic E-state index is 11.7. The first-order valence-corrected chi connectivity index (χ1v) is 9.56. The number of fused-ring (bicyclic) bond motifs is 1. The number of nitrogens with one attached hydrogen (secondary N) is 1. The Hall–Kier alpha value is -2.91. The van der Waals surface area contributed by atoms with Crippen LogP contribution in [-0.4, -0.2) is 61.0 Å². The summed E-state index contributed by atoms with van der Waals surface area (Å²) in [6.07, 6.45) is 1.83. The first-order valence-electron chi connectivity index (χ1n) is 9.56. The molecule has 0 radical (unpaired) electrons. The van der Waals surface area contributed by atoms with Crippen molar-refractivity contribution in [2.24, 2.45) is 7.05 Å². The van der Waals surface area contributed by atoms with E-state index in [0.717, 1.165) is 30.0 Å². The van der Waals surface area contributed by atoms with Gasteiger partial charge in [-0.15, -0.1) is 0 Å². The third-order valence-electron chi connectivity index (χ3n) is 5.35. The molecular weight excluding hydrogens is 372 g/mol. The van der Waals surface area contributed by atoms with E-state index in [1.165, 1.54) is 4.57 Å². The average Bonchev–Trinajstić information content (AvgIpc) is 3.27. The van der Waals surface area contributed by atoms with Gasteiger partial charge in [-0.05, 0) is 23.8 Å². The molecule has 2 aromatic heterocycles. The summed E-state index contributed by atoms with van der Waals surface area (Å²) in [5.41, 5.74) is 2.45. The van der Waals surface area contributed by atoms with E-state index >= 15 is 0 Å². The zero-order valence-electron chi connectivity index (χ0n) is 17.1. The SMILES string of the molecule is CO[C@@H]1CN(c2ccnc(N(C)C)n2)C[C@@H]1NCc1ccc2c(c1)oc(=O)n2C. The minimum atomic E-state index is -0.349. The summed E-state index contributed by atoms with van der Waals surface area (Å²) in [5.74, 6) is 1.23. The molecule has 0 amide bonds. The van der Waals surface area contributed by atoms with Gasteiger partial charge in [-0.25, -0.2) is 9.78 Å². The van der Waals surface area contributed by atoms with Crippen molar-refractivity contribution in [1.29, 1.82) is 0 Å². The maximum absolute atomic E-state index is 11.7. The highest BCUT2D eigenvalue weighted by atomic mass is 16.5. The van der Waals surface area contributed by atoms with Gasteiger partial charge < -0.3 is 24.3 Å². The molecule has 1 saturated heterocycles. The van der Waals surface area contributed by atoms with Crippen molar-refractivity contribution < 1.29 is 9.15 Å². The fourth-order valence-corrected chi connectivity index (χ4v) is 3.66. The number of aromatic nitrogens is 3. The molecule has 9 nitrogen and oxygen atoms in total. The third-order valence-corrected chi connectivity index (χ3v) is 5.35. The Morgan fingerprint density at radius 1 is 1.31 bits per heavy atom. The number of methoxy groups -OCH3 is 1. The molecule has 1 aromatic carbocycles. The maximum Gasteiger partial charge on any atom is 0.419 e. The summed E-state index contributed by atoms with van der Waals surface area (Å²) in [6, 6.07) is 7.90. The van der Waals surface area contributed by atoms with Gasteiger partial charge in [-0.3, -0.25) is 4.57 Å². The molecule has 3 heterocycles. The topological polar surface area (TPSA) is 88.7 Å². The van der Waals surface area contributed by atoms with Gasteiger partial charge in [0, 0.05) is 54.1 Å². The zero-order valence-corrected chi connectivity index (χ0v) is 17.1. The summed E-state index contributed by atoms with van der Waals surface area (Å²) in [5, 5.41) is 3.58. The van der Waals surface area contributed by atoms with Crippen LogP contribution in [0.4, 0.5) is 11.8 Å². The van der Waals surface area contributed by atoms with Crippen LogP contribution in [0.1, 0.15) is 5.56 Å². The average molecular weight is 398 g/mol. The van der Waals surface area contributed by atoms with Crippen molar-refractivity contribution in [3.63, 3.8) is 0 Å². The molecule has 154 valence electrons. The summed E-state index contributed by atoms with van der Waals surface area (Å²) in [6.45, 7) is 2.19. The number of nitrogens with zero attached hydrogens (tertiary/aromatic N) is 5. The standard InChI is InChI=1S/C20H26N6O3/c1-24(2)19-21-8-7-18(23-19)26-11-14(17(12-26)28-4)22-10-13-5-6-15-16(9-13)29-20(27)25(15)3/h5-9,14,17,22H,10-12H2,1-4H3/t14-,17+/m0/s1. The van der Waals surface area contributed by atoms with Gasteiger partial charge in [-0.2, -0.15) is 4.98 Å². The number of oxazole rings is 1. The molecule has 1 fully saturated rings. The summed E-state index contributed by atoms with van der Waals surface area (Å²) in [4.78, 5) is 24.7. The van der Waals surface area contributed by atoms with Crippen LogP contribution in [0.5, 0.6) is 0 Å². The van der Waals surface area contributed by atoms with Crippen molar-refractivity contribution in [1.82, 2.24) is 19.9 Å². The van der Waals surface area contributed by atoms with E-state index in [0.29, 0.717) is 18.1 Å². The van der Waals surface area contributed by atoms with Gasteiger partial charge in [0.2, 0.25) is 5.95 Å². The highest BCUT2D eigenvalue weighted by Crippen LogP contribution is 2.22. The number of ether oxygens (including phenoxy) is 1. The fraction of sp³-hybridized carbons (Fsp3) is 0.450. The Labute approximate surface area is 168 Å². The van der Waals surface area contributed by atoms with E-state index < -0.39 is 0 Å². The summed E-state index contributed by atoms with van der Waals surface area (Å²) >= 11 is 0. The largest absolute Gasteiger partial charge is 0.419 e. The van der Waals surface area contributed by atoms with E-state index in [4.69, 9.17) is 9.15 Å². The highest BCUT2D eigenvalue weighted by Gasteiger charge is 2.33. The van der Waals surface area contributed by atoms with Gasteiger partial charge in [0.15, 0.2) is 5.58 Å². The van der Waals surface area contributed by atoms with Crippen molar-refractivity contribution in [2.75, 3.05) is 44.1 Å². The van der Waals surface area contributed by atoms with E-state index in [-0.39, 0.29) is 17.9 Å². The fourth-order valence-electron chi connectivity index (χ4n) is 3.66. The highest BCUT2D eigenvalue weighted by molar-refractivity contribution is 5.73. The van der Waals surface area contributed by atoms with Crippen LogP contribution in [0.15, 0.2) is 39.7 Å². The van der Waals surface area contributed by atoms with Gasteiger partial charge in [0.25, 0.3) is 0 Å². The second-order valence-electron chi connectivity index (χ2n) is 7.50. The predicted molar refractivity (Wildman–Crippen MR) is 111 cm³/mol. The van der Waals surface area contributed by atoms with Crippen LogP contribution < -0.4 is 20.9 Å². The Bertz CT molecular complexity index is 1060. The van der Waals surface area contributed by atoms with Gasteiger partial charge in [-0.1, -0.05) is 6.07 Å². The first kappa shape index (κ1) is 19.4. The lowest BCUT2D eigenvalue weighted by Crippen LogP contribution is -2.39. The van der Waals surface area contributed by atoms with E-state index in [2.05, 4.69) is 20.2 Å². The number of anilines is 2. The zero-order chi connectivity index (χ0) is 20.5. The molecule has 3 aromatic rings. The van der Waals surface area contributed by atoms with Crippen molar-refractivity contribution in [3.05, 3.63) is 46.6 Å². The normalized spacial score (nSPS) is 19.2. The first-order chi connectivity index (χ1) is 14.0. The van der Waals surface area contributed by atoms with Gasteiger partial charge >= 0.3 is 5.76 Å². The van der Waals surface area contributed by atoms with Crippen LogP contribution in [0, 0.1) is 0 Å². The lowest BCUT2D eigenvalue weighted by atomic mass is 10.1. The summed E-state index contributed by atoms with van der Waals surface area (Å²) < 4.78 is 12.5. The molecule has 0 unspecified atom stereocenters. The Morgan fingerprint density at radius 3 is 2.90 bits per heavy atom. The Morgan fingerprint density at radius 2 is 2.14 bits per heavy atom. The number of benzene rings is 1. The third kappa shape index (κ3) is 3.83. The van der Waals surface area contributed by atoms with Crippen molar-refractivity contribution >= 4 is 22.9 Å². The van der Waals surface area contributed by atoms with Crippen LogP contribution in [-0.2, 0) is 18.3 Å². The molecule has 9 heteroatoms. The molecule has 0 bridgehead atoms. The molecule has 4 rings (SSSR count). The van der Waals surface area contributed by atoms with E-state index in [9.17, 15) is 4.79 Å². The quantitative estimate of drug-likeness (QED) is 0.657. The minimum Gasteiger partial charge on any atom is -0.408 e. The van der Waals surface area contributed by atoms with Gasteiger partial charge in [0.1, 0.15) is 5.82 Å². The lowest BCUT2D eigenvalue weighted by Gasteiger charge is -2.19. The molecular formula is C20H26N6O3. The number of hydrogen-bond donors (Lipinski definition) is 1. The Balaban J connectivity index is 1.46. The molecule has 0 spiro atoms. The van der Waals surface area contributed by atoms with Crippen LogP contribution in [0.2, 0.25) is 0 Å². The Kier molecular flexibility index (Phi) is 5.25. The minimum absolute atomic E-state index is 0.0474. The van der Waals surface area contributed by atoms with Crippen LogP contribution in [0.3, 0.4) is 0 Å². The smallest absolute Gasteiger partial charge is 0.408 e. The summed E-state index contributed by atoms with van der Waals surface area (Å²) in [7, 11) is 7.30. The van der Waals surface area contributed by atoms with E-state index in [1.54, 1.807) is 20.4 Å². The van der Waals surface area contributed by atoms with Crippen LogP contribution in [0.25, 0.3) is 11.1 Å². The van der Waals surface area contributed by atoms with Gasteiger partial charge in [0.05, 0.1) is 17.7 Å². The molecule has 1 aliphatic rings. The molecule has 0 aliphatic carbocycles. The second-order valence-corrected chi connectivity index (χ2v) is 7.50. The van der Waals surface area contributed by atoms with Crippen LogP contribution >= 0.6 is 0 Å². The molecule has 1 aliphatic heterocycles. The monoisotopic (exact) mass is 398 g/mol. The predicted octanol–water partition coefficient (Wildman–Crippen LogP) is 0.981. The number of aryl methyl sites for hydroxylation is 1. The number of rotatable bonds is 6. The molecule has 29 heavy (non-hydrogen) atoms. The molecule has 2 atom stereocenters. The van der Waals surface area contributed by atoms with E-state index in [1.807, 2.05) is 43.3 Å².